The van der Waals surface area contributed by atoms with E-state index in [4.69, 9.17) is 33.5 Å². The predicted molar refractivity (Wildman–Crippen MR) is 104 cm³/mol. The number of hydrogen-bond donors (Lipinski definition) is 1. The maximum Gasteiger partial charge on any atom is 0.104 e. The summed E-state index contributed by atoms with van der Waals surface area (Å²) in [4.78, 5) is 0. The standard InChI is InChI=1S/C21H38O7/c22-9-18-12-26-19(13-25-18)10-23-11-20-14-28-21(16-27-20)15-24-17-7-5-3-1-2-4-6-8-17/h17-22H,1-16H2. The van der Waals surface area contributed by atoms with E-state index in [0.717, 1.165) is 0 Å². The van der Waals surface area contributed by atoms with E-state index in [2.05, 4.69) is 0 Å². The average molecular weight is 403 g/mol. The van der Waals surface area contributed by atoms with Crippen LogP contribution in [0, 0.1) is 0 Å². The van der Waals surface area contributed by atoms with E-state index in [1.54, 1.807) is 0 Å². The first-order valence-corrected chi connectivity index (χ1v) is 11.1. The first kappa shape index (κ1) is 22.4. The molecule has 0 aromatic rings. The van der Waals surface area contributed by atoms with Crippen LogP contribution in [-0.2, 0) is 28.4 Å². The Kier molecular flexibility index (Phi) is 10.5. The molecule has 7 nitrogen and oxygen atoms in total. The van der Waals surface area contributed by atoms with E-state index in [1.807, 2.05) is 0 Å². The molecule has 2 heterocycles. The molecule has 28 heavy (non-hydrogen) atoms. The Bertz CT molecular complexity index is 382. The van der Waals surface area contributed by atoms with Crippen LogP contribution >= 0.6 is 0 Å². The molecule has 7 heteroatoms. The van der Waals surface area contributed by atoms with Crippen molar-refractivity contribution in [3.63, 3.8) is 0 Å². The van der Waals surface area contributed by atoms with Crippen molar-refractivity contribution in [2.24, 2.45) is 0 Å². The van der Waals surface area contributed by atoms with Gasteiger partial charge in [-0.25, -0.2) is 0 Å². The zero-order chi connectivity index (χ0) is 19.4. The average Bonchev–Trinajstić information content (AvgIpc) is 2.87. The molecule has 3 aliphatic rings. The van der Waals surface area contributed by atoms with E-state index in [0.29, 0.717) is 52.4 Å². The molecule has 1 saturated carbocycles. The molecular formula is C21H38O7. The highest BCUT2D eigenvalue weighted by atomic mass is 16.6. The molecule has 1 aliphatic carbocycles. The SMILES string of the molecule is OCC1COC(COCC2COC(COC3CCCCCCCC3)CO2)CO1. The lowest BCUT2D eigenvalue weighted by molar-refractivity contribution is -0.186. The van der Waals surface area contributed by atoms with Gasteiger partial charge in [0, 0.05) is 0 Å². The normalized spacial score (nSPS) is 33.8. The molecule has 0 aromatic carbocycles. The van der Waals surface area contributed by atoms with Crippen molar-refractivity contribution in [3.8, 4) is 0 Å². The Morgan fingerprint density at radius 3 is 1.57 bits per heavy atom. The summed E-state index contributed by atoms with van der Waals surface area (Å²) >= 11 is 0. The summed E-state index contributed by atoms with van der Waals surface area (Å²) in [6, 6.07) is 0. The van der Waals surface area contributed by atoms with Gasteiger partial charge in [0.25, 0.3) is 0 Å². The van der Waals surface area contributed by atoms with Gasteiger partial charge in [-0.3, -0.25) is 0 Å². The summed E-state index contributed by atoms with van der Waals surface area (Å²) in [5, 5.41) is 9.02. The maximum atomic E-state index is 9.02. The summed E-state index contributed by atoms with van der Waals surface area (Å²) in [5.74, 6) is 0. The molecule has 4 unspecified atom stereocenters. The largest absolute Gasteiger partial charge is 0.394 e. The molecule has 0 spiro atoms. The van der Waals surface area contributed by atoms with Gasteiger partial charge in [-0.2, -0.15) is 0 Å². The Labute approximate surface area is 168 Å². The van der Waals surface area contributed by atoms with Crippen LogP contribution in [0.3, 0.4) is 0 Å². The predicted octanol–water partition coefficient (Wildman–Crippen LogP) is 2.08. The van der Waals surface area contributed by atoms with Crippen LogP contribution in [0.25, 0.3) is 0 Å². The number of ether oxygens (including phenoxy) is 6. The number of hydrogen-bond acceptors (Lipinski definition) is 7. The quantitative estimate of drug-likeness (QED) is 0.666. The van der Waals surface area contributed by atoms with Gasteiger partial charge in [0.05, 0.1) is 59.0 Å². The van der Waals surface area contributed by atoms with Crippen LogP contribution in [0.4, 0.5) is 0 Å². The summed E-state index contributed by atoms with van der Waals surface area (Å²) < 4.78 is 34.7. The van der Waals surface area contributed by atoms with Gasteiger partial charge in [-0.15, -0.1) is 0 Å². The minimum Gasteiger partial charge on any atom is -0.394 e. The number of rotatable bonds is 8. The van der Waals surface area contributed by atoms with Crippen molar-refractivity contribution >= 4 is 0 Å². The smallest absolute Gasteiger partial charge is 0.104 e. The second-order valence-corrected chi connectivity index (χ2v) is 8.20. The van der Waals surface area contributed by atoms with Gasteiger partial charge >= 0.3 is 0 Å². The van der Waals surface area contributed by atoms with E-state index >= 15 is 0 Å². The number of aliphatic hydroxyl groups is 1. The zero-order valence-electron chi connectivity index (χ0n) is 17.1. The Morgan fingerprint density at radius 2 is 1.07 bits per heavy atom. The van der Waals surface area contributed by atoms with Crippen molar-refractivity contribution in [3.05, 3.63) is 0 Å². The first-order valence-electron chi connectivity index (χ1n) is 11.1. The van der Waals surface area contributed by atoms with Gasteiger partial charge in [0.15, 0.2) is 0 Å². The fourth-order valence-corrected chi connectivity index (χ4v) is 3.90. The van der Waals surface area contributed by atoms with Crippen molar-refractivity contribution in [2.75, 3.05) is 52.9 Å². The van der Waals surface area contributed by atoms with E-state index in [1.165, 1.54) is 51.4 Å². The zero-order valence-corrected chi connectivity index (χ0v) is 17.1. The molecule has 3 fully saturated rings. The van der Waals surface area contributed by atoms with Crippen molar-refractivity contribution in [2.45, 2.75) is 81.9 Å². The highest BCUT2D eigenvalue weighted by Crippen LogP contribution is 2.20. The molecule has 0 radical (unpaired) electrons. The molecule has 4 atom stereocenters. The van der Waals surface area contributed by atoms with Crippen molar-refractivity contribution in [1.82, 2.24) is 0 Å². The van der Waals surface area contributed by atoms with Gasteiger partial charge in [-0.05, 0) is 12.8 Å². The lowest BCUT2D eigenvalue weighted by atomic mass is 10.1. The van der Waals surface area contributed by atoms with Crippen LogP contribution in [0.2, 0.25) is 0 Å². The third-order valence-corrected chi connectivity index (χ3v) is 5.70. The Hall–Kier alpha value is -0.280. The van der Waals surface area contributed by atoms with Crippen LogP contribution < -0.4 is 0 Å². The molecule has 3 rings (SSSR count). The van der Waals surface area contributed by atoms with Crippen LogP contribution in [0.1, 0.15) is 51.4 Å². The summed E-state index contributed by atoms with van der Waals surface area (Å²) in [5.41, 5.74) is 0. The molecule has 164 valence electrons. The molecule has 2 saturated heterocycles. The third-order valence-electron chi connectivity index (χ3n) is 5.70. The van der Waals surface area contributed by atoms with Gasteiger partial charge < -0.3 is 33.5 Å². The molecule has 1 N–H and O–H groups in total. The summed E-state index contributed by atoms with van der Waals surface area (Å²) in [6.07, 6.45) is 10.4. The van der Waals surface area contributed by atoms with Crippen LogP contribution in [-0.4, -0.2) is 88.5 Å². The van der Waals surface area contributed by atoms with E-state index in [9.17, 15) is 0 Å². The second kappa shape index (κ2) is 13.1. The van der Waals surface area contributed by atoms with Gasteiger partial charge in [-0.1, -0.05) is 38.5 Å². The van der Waals surface area contributed by atoms with E-state index in [-0.39, 0.29) is 31.0 Å². The lowest BCUT2D eigenvalue weighted by Gasteiger charge is -2.31. The topological polar surface area (TPSA) is 75.6 Å². The fraction of sp³-hybridized carbons (Fsp3) is 1.00. The van der Waals surface area contributed by atoms with Crippen molar-refractivity contribution in [1.29, 1.82) is 0 Å². The van der Waals surface area contributed by atoms with Crippen LogP contribution in [0.15, 0.2) is 0 Å². The molecular weight excluding hydrogens is 364 g/mol. The van der Waals surface area contributed by atoms with Crippen molar-refractivity contribution < 1.29 is 33.5 Å². The number of aliphatic hydroxyl groups excluding tert-OH is 1. The monoisotopic (exact) mass is 402 g/mol. The summed E-state index contributed by atoms with van der Waals surface area (Å²) in [6.45, 7) is 3.52. The van der Waals surface area contributed by atoms with Gasteiger partial charge in [0.1, 0.15) is 24.4 Å². The van der Waals surface area contributed by atoms with Crippen LogP contribution in [0.5, 0.6) is 0 Å². The minimum absolute atomic E-state index is 0.00748. The molecule has 0 amide bonds. The molecule has 0 bridgehead atoms. The molecule has 0 aromatic heterocycles. The lowest BCUT2D eigenvalue weighted by Crippen LogP contribution is -2.43. The minimum atomic E-state index is -0.211. The fourth-order valence-electron chi connectivity index (χ4n) is 3.90. The summed E-state index contributed by atoms with van der Waals surface area (Å²) in [7, 11) is 0. The Morgan fingerprint density at radius 1 is 0.607 bits per heavy atom. The third kappa shape index (κ3) is 8.22. The van der Waals surface area contributed by atoms with E-state index < -0.39 is 0 Å². The van der Waals surface area contributed by atoms with Gasteiger partial charge in [0.2, 0.25) is 0 Å². The Balaban J connectivity index is 1.22. The first-order chi connectivity index (χ1) is 13.8. The second-order valence-electron chi connectivity index (χ2n) is 8.20. The highest BCUT2D eigenvalue weighted by Gasteiger charge is 2.25. The molecule has 2 aliphatic heterocycles. The highest BCUT2D eigenvalue weighted by molar-refractivity contribution is 4.71. The maximum absolute atomic E-state index is 9.02.